The highest BCUT2D eigenvalue weighted by Gasteiger charge is 2.18. The topological polar surface area (TPSA) is 69.1 Å². The Morgan fingerprint density at radius 3 is 2.50 bits per heavy atom. The fraction of sp³-hybridized carbons (Fsp3) is 0.100. The Kier molecular flexibility index (Phi) is 2.27. The smallest absolute Gasteiger partial charge is 0.234 e. The third kappa shape index (κ3) is 1.53. The van der Waals surface area contributed by atoms with E-state index in [1.807, 2.05) is 0 Å². The Labute approximate surface area is 104 Å². The molecular weight excluding hydrogens is 260 g/mol. The first-order valence-corrected chi connectivity index (χ1v) is 5.81. The van der Waals surface area contributed by atoms with E-state index in [1.165, 1.54) is 4.52 Å². The molecule has 0 atom stereocenters. The summed E-state index contributed by atoms with van der Waals surface area (Å²) in [6, 6.07) is 2.13. The van der Waals surface area contributed by atoms with E-state index in [2.05, 4.69) is 15.3 Å². The minimum absolute atomic E-state index is 0.0351. The zero-order chi connectivity index (χ0) is 12.9. The fourth-order valence-corrected chi connectivity index (χ4v) is 2.55. The van der Waals surface area contributed by atoms with E-state index in [1.54, 1.807) is 6.92 Å². The van der Waals surface area contributed by atoms with Crippen LogP contribution in [0.1, 0.15) is 5.82 Å². The maximum absolute atomic E-state index is 13.7. The molecule has 2 heterocycles. The van der Waals surface area contributed by atoms with E-state index in [-0.39, 0.29) is 16.3 Å². The van der Waals surface area contributed by atoms with Crippen LogP contribution in [0.2, 0.25) is 0 Å². The molecule has 5 nitrogen and oxygen atoms in total. The summed E-state index contributed by atoms with van der Waals surface area (Å²) in [6.07, 6.45) is 0. The first kappa shape index (κ1) is 11.0. The summed E-state index contributed by atoms with van der Waals surface area (Å²) in [5, 5.41) is 11.9. The van der Waals surface area contributed by atoms with Gasteiger partial charge in [0.15, 0.2) is 10.8 Å². The van der Waals surface area contributed by atoms with E-state index in [0.717, 1.165) is 23.5 Å². The maximum Gasteiger partial charge on any atom is 0.234 e. The first-order valence-electron chi connectivity index (χ1n) is 5.00. The van der Waals surface area contributed by atoms with Gasteiger partial charge in [0.25, 0.3) is 0 Å². The Bertz CT molecular complexity index is 725. The number of nitrogens with zero attached hydrogens (tertiary/aromatic N) is 4. The number of anilines is 1. The standard InChI is InChI=1S/C10H7F2N5S/c1-4-14-15-10-17(4)16-9(18-10)8-6(11)2-5(13)3-7(8)12/h2-3H,13H2,1H3. The molecule has 0 spiro atoms. The van der Waals surface area contributed by atoms with Gasteiger partial charge < -0.3 is 5.73 Å². The average molecular weight is 267 g/mol. The van der Waals surface area contributed by atoms with Crippen LogP contribution in [0.3, 0.4) is 0 Å². The number of nitrogen functional groups attached to an aromatic ring is 1. The van der Waals surface area contributed by atoms with Crippen LogP contribution >= 0.6 is 11.3 Å². The summed E-state index contributed by atoms with van der Waals surface area (Å²) < 4.78 is 28.9. The van der Waals surface area contributed by atoms with Crippen molar-refractivity contribution in [3.05, 3.63) is 29.6 Å². The molecule has 0 bridgehead atoms. The fourth-order valence-electron chi connectivity index (χ4n) is 1.61. The second kappa shape index (κ2) is 3.70. The molecule has 8 heteroatoms. The molecule has 0 amide bonds. The average Bonchev–Trinajstić information content (AvgIpc) is 2.80. The molecule has 18 heavy (non-hydrogen) atoms. The molecule has 3 rings (SSSR count). The van der Waals surface area contributed by atoms with Crippen molar-refractivity contribution in [2.24, 2.45) is 0 Å². The summed E-state index contributed by atoms with van der Waals surface area (Å²) in [5.74, 6) is -0.922. The summed E-state index contributed by atoms with van der Waals surface area (Å²) in [7, 11) is 0. The highest BCUT2D eigenvalue weighted by Crippen LogP contribution is 2.31. The highest BCUT2D eigenvalue weighted by atomic mass is 32.1. The molecule has 3 aromatic rings. The zero-order valence-electron chi connectivity index (χ0n) is 9.19. The van der Waals surface area contributed by atoms with E-state index >= 15 is 0 Å². The van der Waals surface area contributed by atoms with E-state index < -0.39 is 11.6 Å². The predicted octanol–water partition coefficient (Wildman–Crippen LogP) is 2.02. The molecule has 0 fully saturated rings. The Balaban J connectivity index is 2.25. The van der Waals surface area contributed by atoms with Crippen LogP contribution in [-0.4, -0.2) is 19.8 Å². The molecule has 0 radical (unpaired) electrons. The van der Waals surface area contributed by atoms with Crippen LogP contribution in [0.25, 0.3) is 15.5 Å². The number of hydrogen-bond acceptors (Lipinski definition) is 5. The number of fused-ring (bicyclic) bond motifs is 1. The van der Waals surface area contributed by atoms with E-state index in [9.17, 15) is 8.78 Å². The quantitative estimate of drug-likeness (QED) is 0.685. The molecular formula is C10H7F2N5S. The van der Waals surface area contributed by atoms with Crippen LogP contribution in [0.15, 0.2) is 12.1 Å². The number of hydrogen-bond donors (Lipinski definition) is 1. The number of nitrogens with two attached hydrogens (primary N) is 1. The lowest BCUT2D eigenvalue weighted by atomic mass is 10.2. The monoisotopic (exact) mass is 267 g/mol. The third-order valence-electron chi connectivity index (χ3n) is 2.43. The molecule has 0 aliphatic heterocycles. The molecule has 92 valence electrons. The molecule has 0 saturated carbocycles. The maximum atomic E-state index is 13.7. The molecule has 0 unspecified atom stereocenters. The van der Waals surface area contributed by atoms with Crippen molar-refractivity contribution in [3.8, 4) is 10.6 Å². The number of rotatable bonds is 1. The Morgan fingerprint density at radius 1 is 1.22 bits per heavy atom. The SMILES string of the molecule is Cc1nnc2sc(-c3c(F)cc(N)cc3F)nn12. The Morgan fingerprint density at radius 2 is 1.89 bits per heavy atom. The van der Waals surface area contributed by atoms with Gasteiger partial charge in [0, 0.05) is 5.69 Å². The lowest BCUT2D eigenvalue weighted by Crippen LogP contribution is -1.95. The summed E-state index contributed by atoms with van der Waals surface area (Å²) in [4.78, 5) is 0.484. The number of halogens is 2. The van der Waals surface area contributed by atoms with Crippen molar-refractivity contribution in [3.63, 3.8) is 0 Å². The van der Waals surface area contributed by atoms with Crippen molar-refractivity contribution in [2.75, 3.05) is 5.73 Å². The molecule has 0 aliphatic rings. The van der Waals surface area contributed by atoms with Crippen LogP contribution in [0.5, 0.6) is 0 Å². The zero-order valence-corrected chi connectivity index (χ0v) is 10.0. The number of aromatic nitrogens is 4. The van der Waals surface area contributed by atoms with Gasteiger partial charge in [-0.3, -0.25) is 0 Å². The largest absolute Gasteiger partial charge is 0.399 e. The van der Waals surface area contributed by atoms with Crippen molar-refractivity contribution in [1.82, 2.24) is 19.8 Å². The van der Waals surface area contributed by atoms with Crippen molar-refractivity contribution in [2.45, 2.75) is 6.92 Å². The number of aryl methyl sites for hydroxylation is 1. The van der Waals surface area contributed by atoms with Gasteiger partial charge in [-0.25, -0.2) is 8.78 Å². The van der Waals surface area contributed by atoms with Gasteiger partial charge in [-0.2, -0.15) is 9.61 Å². The predicted molar refractivity (Wildman–Crippen MR) is 63.2 cm³/mol. The van der Waals surface area contributed by atoms with Crippen LogP contribution in [0.4, 0.5) is 14.5 Å². The van der Waals surface area contributed by atoms with E-state index in [4.69, 9.17) is 5.73 Å². The normalized spacial score (nSPS) is 11.3. The second-order valence-electron chi connectivity index (χ2n) is 3.71. The lowest BCUT2D eigenvalue weighted by molar-refractivity contribution is 0.590. The second-order valence-corrected chi connectivity index (χ2v) is 4.66. The van der Waals surface area contributed by atoms with Gasteiger partial charge in [-0.05, 0) is 19.1 Å². The van der Waals surface area contributed by atoms with Crippen LogP contribution in [-0.2, 0) is 0 Å². The highest BCUT2D eigenvalue weighted by molar-refractivity contribution is 7.19. The molecule has 0 saturated heterocycles. The van der Waals surface area contributed by atoms with Crippen molar-refractivity contribution < 1.29 is 8.78 Å². The van der Waals surface area contributed by atoms with Crippen molar-refractivity contribution in [1.29, 1.82) is 0 Å². The van der Waals surface area contributed by atoms with Gasteiger partial charge in [-0.15, -0.1) is 10.2 Å². The minimum Gasteiger partial charge on any atom is -0.399 e. The summed E-state index contributed by atoms with van der Waals surface area (Å²) >= 11 is 1.06. The van der Waals surface area contributed by atoms with Gasteiger partial charge >= 0.3 is 0 Å². The molecule has 2 N–H and O–H groups in total. The summed E-state index contributed by atoms with van der Waals surface area (Å²) in [5.41, 5.74) is 5.20. The lowest BCUT2D eigenvalue weighted by Gasteiger charge is -2.02. The minimum atomic E-state index is -0.741. The summed E-state index contributed by atoms with van der Waals surface area (Å²) in [6.45, 7) is 1.71. The first-order chi connectivity index (χ1) is 8.56. The van der Waals surface area contributed by atoms with Crippen LogP contribution < -0.4 is 5.73 Å². The van der Waals surface area contributed by atoms with Gasteiger partial charge in [-0.1, -0.05) is 11.3 Å². The van der Waals surface area contributed by atoms with Crippen molar-refractivity contribution >= 4 is 22.0 Å². The van der Waals surface area contributed by atoms with E-state index in [0.29, 0.717) is 10.8 Å². The molecule has 0 aliphatic carbocycles. The van der Waals surface area contributed by atoms with Gasteiger partial charge in [0.2, 0.25) is 4.96 Å². The third-order valence-corrected chi connectivity index (χ3v) is 3.34. The molecule has 1 aromatic carbocycles. The molecule has 2 aromatic heterocycles. The van der Waals surface area contributed by atoms with Crippen LogP contribution in [0, 0.1) is 18.6 Å². The van der Waals surface area contributed by atoms with Gasteiger partial charge in [0.1, 0.15) is 11.6 Å². The van der Waals surface area contributed by atoms with Gasteiger partial charge in [0.05, 0.1) is 5.56 Å². The number of benzene rings is 1. The Hall–Kier alpha value is -2.09.